The Balaban J connectivity index is 1.99. The van der Waals surface area contributed by atoms with E-state index in [1.54, 1.807) is 13.8 Å². The van der Waals surface area contributed by atoms with E-state index in [-0.39, 0.29) is 31.2 Å². The molecule has 0 bridgehead atoms. The zero-order valence-electron chi connectivity index (χ0n) is 16.3. The molecular formula is C20H17Cl2FN2O4S2. The van der Waals surface area contributed by atoms with E-state index in [0.29, 0.717) is 11.1 Å². The van der Waals surface area contributed by atoms with Crippen molar-refractivity contribution in [1.29, 1.82) is 0 Å². The van der Waals surface area contributed by atoms with Gasteiger partial charge in [0.25, 0.3) is 20.0 Å². The molecule has 0 saturated heterocycles. The molecule has 31 heavy (non-hydrogen) atoms. The predicted octanol–water partition coefficient (Wildman–Crippen LogP) is 5.35. The number of nitrogens with one attached hydrogen (secondary N) is 2. The molecule has 0 fully saturated rings. The van der Waals surface area contributed by atoms with Crippen LogP contribution in [0, 0.1) is 19.7 Å². The number of hydrogen-bond donors (Lipinski definition) is 2. The minimum atomic E-state index is -4.18. The van der Waals surface area contributed by atoms with Gasteiger partial charge in [0.05, 0.1) is 21.2 Å². The van der Waals surface area contributed by atoms with Crippen molar-refractivity contribution in [3.63, 3.8) is 0 Å². The first kappa shape index (κ1) is 23.3. The van der Waals surface area contributed by atoms with Crippen LogP contribution in [0.5, 0.6) is 0 Å². The van der Waals surface area contributed by atoms with E-state index >= 15 is 0 Å². The number of rotatable bonds is 6. The molecule has 3 aromatic carbocycles. The Morgan fingerprint density at radius 1 is 0.677 bits per heavy atom. The Kier molecular flexibility index (Phi) is 6.52. The van der Waals surface area contributed by atoms with E-state index in [1.165, 1.54) is 36.4 Å². The third-order valence-corrected chi connectivity index (χ3v) is 7.92. The van der Waals surface area contributed by atoms with Crippen LogP contribution in [0.1, 0.15) is 11.1 Å². The van der Waals surface area contributed by atoms with Crippen molar-refractivity contribution in [2.75, 3.05) is 9.44 Å². The van der Waals surface area contributed by atoms with E-state index in [4.69, 9.17) is 23.2 Å². The summed E-state index contributed by atoms with van der Waals surface area (Å²) < 4.78 is 69.4. The van der Waals surface area contributed by atoms with Crippen molar-refractivity contribution in [3.05, 3.63) is 81.6 Å². The quantitative estimate of drug-likeness (QED) is 0.474. The van der Waals surface area contributed by atoms with Crippen LogP contribution in [-0.4, -0.2) is 16.8 Å². The van der Waals surface area contributed by atoms with Gasteiger partial charge < -0.3 is 0 Å². The molecule has 0 aliphatic rings. The van der Waals surface area contributed by atoms with Crippen LogP contribution >= 0.6 is 23.2 Å². The van der Waals surface area contributed by atoms with Gasteiger partial charge in [0, 0.05) is 16.1 Å². The molecule has 0 heterocycles. The van der Waals surface area contributed by atoms with Gasteiger partial charge in [0.1, 0.15) is 5.82 Å². The van der Waals surface area contributed by atoms with Crippen molar-refractivity contribution in [3.8, 4) is 0 Å². The average Bonchev–Trinajstić information content (AvgIpc) is 2.67. The molecule has 0 saturated carbocycles. The Morgan fingerprint density at radius 2 is 1.13 bits per heavy atom. The number of anilines is 2. The second kappa shape index (κ2) is 8.66. The van der Waals surface area contributed by atoms with Crippen molar-refractivity contribution >= 4 is 54.6 Å². The Bertz CT molecular complexity index is 1380. The van der Waals surface area contributed by atoms with Gasteiger partial charge in [0.2, 0.25) is 0 Å². The standard InChI is InChI=1S/C20H17Cl2FN2O4S2/c1-12-3-6-15(10-17(12)21)30(26,27)24-19-8-5-14(23)9-20(19)25-31(28,29)16-7-4-13(2)18(22)11-16/h3-11,24-25H,1-2H3. The van der Waals surface area contributed by atoms with Crippen molar-refractivity contribution in [2.24, 2.45) is 0 Å². The summed E-state index contributed by atoms with van der Waals surface area (Å²) >= 11 is 12.0. The number of hydrogen-bond acceptors (Lipinski definition) is 4. The Morgan fingerprint density at radius 3 is 1.58 bits per heavy atom. The van der Waals surface area contributed by atoms with Gasteiger partial charge in [-0.2, -0.15) is 0 Å². The zero-order valence-corrected chi connectivity index (χ0v) is 19.4. The smallest absolute Gasteiger partial charge is 0.262 e. The third-order valence-electron chi connectivity index (χ3n) is 4.38. The monoisotopic (exact) mass is 502 g/mol. The lowest BCUT2D eigenvalue weighted by Gasteiger charge is -2.15. The molecule has 164 valence electrons. The molecule has 3 aromatic rings. The molecule has 0 unspecified atom stereocenters. The summed E-state index contributed by atoms with van der Waals surface area (Å²) in [5, 5.41) is 0.485. The van der Waals surface area contributed by atoms with E-state index in [9.17, 15) is 21.2 Å². The number of aryl methyl sites for hydroxylation is 2. The molecule has 0 spiro atoms. The summed E-state index contributed by atoms with van der Waals surface area (Å²) in [5.41, 5.74) is 0.905. The molecule has 0 aliphatic heterocycles. The van der Waals surface area contributed by atoms with Gasteiger partial charge in [-0.25, -0.2) is 21.2 Å². The number of sulfonamides is 2. The van der Waals surface area contributed by atoms with Gasteiger partial charge >= 0.3 is 0 Å². The Hall–Kier alpha value is -2.33. The van der Waals surface area contributed by atoms with Gasteiger partial charge in [-0.15, -0.1) is 0 Å². The molecule has 0 atom stereocenters. The van der Waals surface area contributed by atoms with E-state index in [2.05, 4.69) is 9.44 Å². The summed E-state index contributed by atoms with van der Waals surface area (Å²) in [6, 6.07) is 11.2. The molecule has 0 aromatic heterocycles. The van der Waals surface area contributed by atoms with Crippen molar-refractivity contribution < 1.29 is 21.2 Å². The van der Waals surface area contributed by atoms with Crippen LogP contribution < -0.4 is 9.44 Å². The lowest BCUT2D eigenvalue weighted by molar-refractivity contribution is 0.598. The molecule has 0 radical (unpaired) electrons. The first-order valence-electron chi connectivity index (χ1n) is 8.76. The van der Waals surface area contributed by atoms with Crippen LogP contribution in [0.3, 0.4) is 0 Å². The van der Waals surface area contributed by atoms with Crippen molar-refractivity contribution in [2.45, 2.75) is 23.6 Å². The van der Waals surface area contributed by atoms with Crippen LogP contribution in [0.2, 0.25) is 10.0 Å². The highest BCUT2D eigenvalue weighted by Crippen LogP contribution is 2.30. The zero-order chi connectivity index (χ0) is 23.0. The second-order valence-electron chi connectivity index (χ2n) is 6.72. The van der Waals surface area contributed by atoms with E-state index in [1.807, 2.05) is 0 Å². The third kappa shape index (κ3) is 5.30. The van der Waals surface area contributed by atoms with Crippen LogP contribution in [0.4, 0.5) is 15.8 Å². The minimum absolute atomic E-state index is 0.133. The Labute approximate surface area is 190 Å². The molecule has 0 aliphatic carbocycles. The fourth-order valence-electron chi connectivity index (χ4n) is 2.58. The summed E-state index contributed by atoms with van der Waals surface area (Å²) in [5.74, 6) is -0.763. The summed E-state index contributed by atoms with van der Waals surface area (Å²) in [6.45, 7) is 3.43. The molecule has 11 heteroatoms. The number of halogens is 3. The predicted molar refractivity (Wildman–Crippen MR) is 120 cm³/mol. The van der Waals surface area contributed by atoms with Gasteiger partial charge in [-0.05, 0) is 61.4 Å². The topological polar surface area (TPSA) is 92.3 Å². The number of benzene rings is 3. The normalized spacial score (nSPS) is 11.9. The maximum absolute atomic E-state index is 13.8. The molecule has 2 N–H and O–H groups in total. The molecule has 3 rings (SSSR count). The molecular weight excluding hydrogens is 486 g/mol. The van der Waals surface area contributed by atoms with Crippen LogP contribution in [-0.2, 0) is 20.0 Å². The summed E-state index contributed by atoms with van der Waals surface area (Å²) in [7, 11) is -8.31. The molecule has 0 amide bonds. The first-order valence-corrected chi connectivity index (χ1v) is 12.5. The maximum atomic E-state index is 13.8. The van der Waals surface area contributed by atoms with Crippen LogP contribution in [0.15, 0.2) is 64.4 Å². The highest BCUT2D eigenvalue weighted by molar-refractivity contribution is 7.93. The second-order valence-corrected chi connectivity index (χ2v) is 10.9. The molecule has 6 nitrogen and oxygen atoms in total. The van der Waals surface area contributed by atoms with E-state index in [0.717, 1.165) is 18.2 Å². The summed E-state index contributed by atoms with van der Waals surface area (Å²) in [6.07, 6.45) is 0. The minimum Gasteiger partial charge on any atom is -0.277 e. The highest BCUT2D eigenvalue weighted by atomic mass is 35.5. The van der Waals surface area contributed by atoms with Crippen molar-refractivity contribution in [1.82, 2.24) is 0 Å². The van der Waals surface area contributed by atoms with Gasteiger partial charge in [-0.3, -0.25) is 9.44 Å². The first-order chi connectivity index (χ1) is 14.4. The average molecular weight is 503 g/mol. The van der Waals surface area contributed by atoms with Gasteiger partial charge in [-0.1, -0.05) is 35.3 Å². The fraction of sp³-hybridized carbons (Fsp3) is 0.100. The van der Waals surface area contributed by atoms with E-state index < -0.39 is 25.9 Å². The fourth-order valence-corrected chi connectivity index (χ4v) is 5.27. The van der Waals surface area contributed by atoms with Gasteiger partial charge in [0.15, 0.2) is 0 Å². The summed E-state index contributed by atoms with van der Waals surface area (Å²) in [4.78, 5) is -0.293. The largest absolute Gasteiger partial charge is 0.277 e. The van der Waals surface area contributed by atoms with Crippen LogP contribution in [0.25, 0.3) is 0 Å². The lowest BCUT2D eigenvalue weighted by atomic mass is 10.2. The maximum Gasteiger partial charge on any atom is 0.262 e. The highest BCUT2D eigenvalue weighted by Gasteiger charge is 2.21. The SMILES string of the molecule is Cc1ccc(S(=O)(=O)Nc2ccc(F)cc2NS(=O)(=O)c2ccc(C)c(Cl)c2)cc1Cl. The lowest BCUT2D eigenvalue weighted by Crippen LogP contribution is -2.18.